The number of hydrogen-bond donors (Lipinski definition) is 2. The third-order valence-electron chi connectivity index (χ3n) is 4.29. The van der Waals surface area contributed by atoms with Gasteiger partial charge in [-0.15, -0.1) is 0 Å². The summed E-state index contributed by atoms with van der Waals surface area (Å²) < 4.78 is 11.3. The zero-order valence-electron chi connectivity index (χ0n) is 16.1. The van der Waals surface area contributed by atoms with Gasteiger partial charge in [-0.3, -0.25) is 0 Å². The highest BCUT2D eigenvalue weighted by molar-refractivity contribution is 9.10. The van der Waals surface area contributed by atoms with Gasteiger partial charge in [0.25, 0.3) is 0 Å². The fraction of sp³-hybridized carbons (Fsp3) is 0.0833. The summed E-state index contributed by atoms with van der Waals surface area (Å²) in [7, 11) is 3.05. The highest BCUT2D eigenvalue weighted by atomic mass is 79.9. The van der Waals surface area contributed by atoms with Gasteiger partial charge in [-0.25, -0.2) is 0 Å². The van der Waals surface area contributed by atoms with Gasteiger partial charge in [-0.2, -0.15) is 0 Å². The van der Waals surface area contributed by atoms with Crippen LogP contribution in [0.2, 0.25) is 0 Å². The first kappa shape index (κ1) is 20.6. The highest BCUT2D eigenvalue weighted by Crippen LogP contribution is 2.28. The molecule has 3 aromatic rings. The molecule has 0 spiro atoms. The third kappa shape index (κ3) is 5.42. The SMILES string of the molecule is COc1cc(/C=C/c2cc(Br)cc(/C=C/c3ccc(O)c(OC)c3)c2)ccc1O. The minimum atomic E-state index is 0.116. The maximum Gasteiger partial charge on any atom is 0.161 e. The minimum absolute atomic E-state index is 0.116. The number of rotatable bonds is 6. The van der Waals surface area contributed by atoms with Crippen molar-refractivity contribution < 1.29 is 19.7 Å². The number of phenolic OH excluding ortho intramolecular Hbond substituents is 2. The predicted molar refractivity (Wildman–Crippen MR) is 121 cm³/mol. The van der Waals surface area contributed by atoms with Crippen LogP contribution in [-0.4, -0.2) is 24.4 Å². The smallest absolute Gasteiger partial charge is 0.161 e. The van der Waals surface area contributed by atoms with E-state index in [0.29, 0.717) is 11.5 Å². The second kappa shape index (κ2) is 9.34. The molecule has 3 aromatic carbocycles. The monoisotopic (exact) mass is 452 g/mol. The molecule has 4 nitrogen and oxygen atoms in total. The van der Waals surface area contributed by atoms with Crippen LogP contribution in [0.15, 0.2) is 59.1 Å². The van der Waals surface area contributed by atoms with Crippen molar-refractivity contribution in [1.29, 1.82) is 0 Å². The van der Waals surface area contributed by atoms with Crippen molar-refractivity contribution in [2.24, 2.45) is 0 Å². The molecule has 0 amide bonds. The van der Waals surface area contributed by atoms with Gasteiger partial charge in [-0.05, 0) is 64.7 Å². The van der Waals surface area contributed by atoms with E-state index in [9.17, 15) is 10.2 Å². The van der Waals surface area contributed by atoms with Gasteiger partial charge >= 0.3 is 0 Å². The average molecular weight is 453 g/mol. The first-order valence-electron chi connectivity index (χ1n) is 8.89. The van der Waals surface area contributed by atoms with E-state index in [2.05, 4.69) is 22.0 Å². The maximum absolute atomic E-state index is 9.71. The molecule has 29 heavy (non-hydrogen) atoms. The van der Waals surface area contributed by atoms with Crippen molar-refractivity contribution in [2.75, 3.05) is 14.2 Å². The van der Waals surface area contributed by atoms with Crippen LogP contribution in [0, 0.1) is 0 Å². The molecule has 0 aliphatic heterocycles. The molecular formula is C24H21BrO4. The van der Waals surface area contributed by atoms with E-state index >= 15 is 0 Å². The molecule has 148 valence electrons. The number of benzene rings is 3. The van der Waals surface area contributed by atoms with Crippen LogP contribution in [0.5, 0.6) is 23.0 Å². The van der Waals surface area contributed by atoms with Gasteiger partial charge in [-0.1, -0.05) is 52.4 Å². The van der Waals surface area contributed by atoms with E-state index in [0.717, 1.165) is 26.7 Å². The molecule has 0 saturated carbocycles. The molecule has 0 bridgehead atoms. The quantitative estimate of drug-likeness (QED) is 0.435. The second-order valence-corrected chi connectivity index (χ2v) is 7.26. The number of methoxy groups -OCH3 is 2. The number of phenols is 2. The van der Waals surface area contributed by atoms with E-state index < -0.39 is 0 Å². The van der Waals surface area contributed by atoms with Crippen LogP contribution in [0.1, 0.15) is 22.3 Å². The Morgan fingerprint density at radius 3 is 1.45 bits per heavy atom. The number of aromatic hydroxyl groups is 2. The first-order chi connectivity index (χ1) is 14.0. The molecular weight excluding hydrogens is 432 g/mol. The lowest BCUT2D eigenvalue weighted by atomic mass is 10.1. The summed E-state index contributed by atoms with van der Waals surface area (Å²) in [6.45, 7) is 0. The second-order valence-electron chi connectivity index (χ2n) is 6.35. The minimum Gasteiger partial charge on any atom is -0.504 e. The van der Waals surface area contributed by atoms with Crippen LogP contribution >= 0.6 is 15.9 Å². The Morgan fingerprint density at radius 1 is 0.621 bits per heavy atom. The Hall–Kier alpha value is -3.18. The van der Waals surface area contributed by atoms with Gasteiger partial charge in [0.2, 0.25) is 0 Å². The van der Waals surface area contributed by atoms with Crippen LogP contribution < -0.4 is 9.47 Å². The Labute approximate surface area is 178 Å². The molecule has 0 saturated heterocycles. The van der Waals surface area contributed by atoms with Gasteiger partial charge < -0.3 is 19.7 Å². The van der Waals surface area contributed by atoms with E-state index in [1.807, 2.05) is 48.6 Å². The Morgan fingerprint density at radius 2 is 1.03 bits per heavy atom. The molecule has 0 aliphatic rings. The van der Waals surface area contributed by atoms with E-state index in [1.165, 1.54) is 14.2 Å². The van der Waals surface area contributed by atoms with Crippen molar-refractivity contribution in [3.05, 3.63) is 81.3 Å². The lowest BCUT2D eigenvalue weighted by Crippen LogP contribution is -1.84. The van der Waals surface area contributed by atoms with Crippen molar-refractivity contribution in [3.8, 4) is 23.0 Å². The molecule has 2 N–H and O–H groups in total. The summed E-state index contributed by atoms with van der Waals surface area (Å²) in [5, 5.41) is 19.4. The fourth-order valence-electron chi connectivity index (χ4n) is 2.81. The molecule has 0 atom stereocenters. The highest BCUT2D eigenvalue weighted by Gasteiger charge is 2.02. The number of halogens is 1. The van der Waals surface area contributed by atoms with E-state index in [4.69, 9.17) is 9.47 Å². The van der Waals surface area contributed by atoms with Crippen LogP contribution in [0.25, 0.3) is 24.3 Å². The standard InChI is InChI=1S/C24H21BrO4/c1-28-23-14-16(7-9-21(23)26)3-5-18-11-19(13-20(25)12-18)6-4-17-8-10-22(27)24(15-17)29-2/h3-15,26-27H,1-2H3/b5-3+,6-4+. The number of hydrogen-bond acceptors (Lipinski definition) is 4. The molecule has 0 aliphatic carbocycles. The molecule has 5 heteroatoms. The third-order valence-corrected chi connectivity index (χ3v) is 4.74. The Balaban J connectivity index is 1.83. The molecule has 0 heterocycles. The molecule has 0 unspecified atom stereocenters. The molecule has 0 aromatic heterocycles. The van der Waals surface area contributed by atoms with Crippen LogP contribution in [0.3, 0.4) is 0 Å². The Kier molecular flexibility index (Phi) is 6.62. The topological polar surface area (TPSA) is 58.9 Å². The summed E-state index contributed by atoms with van der Waals surface area (Å²) >= 11 is 3.56. The Bertz CT molecular complexity index is 989. The average Bonchev–Trinajstić information content (AvgIpc) is 2.72. The summed E-state index contributed by atoms with van der Waals surface area (Å²) in [5.74, 6) is 1.11. The van der Waals surface area contributed by atoms with E-state index in [-0.39, 0.29) is 11.5 Å². The largest absolute Gasteiger partial charge is 0.504 e. The van der Waals surface area contributed by atoms with Gasteiger partial charge in [0.05, 0.1) is 14.2 Å². The summed E-state index contributed by atoms with van der Waals surface area (Å²) in [5.41, 5.74) is 3.89. The normalized spacial score (nSPS) is 11.3. The summed E-state index contributed by atoms with van der Waals surface area (Å²) in [6.07, 6.45) is 7.92. The molecule has 0 radical (unpaired) electrons. The van der Waals surface area contributed by atoms with Crippen LogP contribution in [0.4, 0.5) is 0 Å². The van der Waals surface area contributed by atoms with Gasteiger partial charge in [0, 0.05) is 4.47 Å². The zero-order chi connectivity index (χ0) is 20.8. The van der Waals surface area contributed by atoms with Gasteiger partial charge in [0.15, 0.2) is 23.0 Å². The lowest BCUT2D eigenvalue weighted by Gasteiger charge is -2.05. The summed E-state index contributed by atoms with van der Waals surface area (Å²) in [4.78, 5) is 0. The van der Waals surface area contributed by atoms with Crippen molar-refractivity contribution in [2.45, 2.75) is 0 Å². The zero-order valence-corrected chi connectivity index (χ0v) is 17.7. The summed E-state index contributed by atoms with van der Waals surface area (Å²) in [6, 6.07) is 16.5. The van der Waals surface area contributed by atoms with Crippen LogP contribution in [-0.2, 0) is 0 Å². The number of ether oxygens (including phenoxy) is 2. The molecule has 0 fully saturated rings. The van der Waals surface area contributed by atoms with Gasteiger partial charge in [0.1, 0.15) is 0 Å². The van der Waals surface area contributed by atoms with Crippen molar-refractivity contribution in [3.63, 3.8) is 0 Å². The molecule has 3 rings (SSSR count). The predicted octanol–water partition coefficient (Wildman–Crippen LogP) is 6.22. The fourth-order valence-corrected chi connectivity index (χ4v) is 3.34. The van der Waals surface area contributed by atoms with E-state index in [1.54, 1.807) is 24.3 Å². The van der Waals surface area contributed by atoms with Crippen molar-refractivity contribution >= 4 is 40.2 Å². The first-order valence-corrected chi connectivity index (χ1v) is 9.68. The lowest BCUT2D eigenvalue weighted by molar-refractivity contribution is 0.373. The van der Waals surface area contributed by atoms with Crippen molar-refractivity contribution in [1.82, 2.24) is 0 Å². The maximum atomic E-state index is 9.71.